The summed E-state index contributed by atoms with van der Waals surface area (Å²) < 4.78 is 5.75. The van der Waals surface area contributed by atoms with Gasteiger partial charge in [0, 0.05) is 11.8 Å². The van der Waals surface area contributed by atoms with E-state index in [0.29, 0.717) is 6.04 Å². The van der Waals surface area contributed by atoms with E-state index in [1.807, 2.05) is 11.8 Å². The smallest absolute Gasteiger partial charge is 0.122 e. The van der Waals surface area contributed by atoms with Crippen LogP contribution < -0.4 is 10.1 Å². The third kappa shape index (κ3) is 4.91. The topological polar surface area (TPSA) is 21.3 Å². The molecule has 0 aromatic heterocycles. The summed E-state index contributed by atoms with van der Waals surface area (Å²) in [5.41, 5.74) is 2.55. The first kappa shape index (κ1) is 15.4. The molecule has 0 saturated carbocycles. The molecule has 0 aliphatic carbocycles. The van der Waals surface area contributed by atoms with Crippen LogP contribution in [-0.2, 0) is 0 Å². The third-order valence-corrected chi connectivity index (χ3v) is 3.52. The zero-order valence-corrected chi connectivity index (χ0v) is 12.8. The summed E-state index contributed by atoms with van der Waals surface area (Å²) in [5, 5.41) is 3.50. The van der Waals surface area contributed by atoms with Crippen LogP contribution in [0.2, 0.25) is 0 Å². The van der Waals surface area contributed by atoms with E-state index in [9.17, 15) is 0 Å². The van der Waals surface area contributed by atoms with E-state index in [-0.39, 0.29) is 0 Å². The first-order chi connectivity index (χ1) is 8.69. The van der Waals surface area contributed by atoms with Crippen LogP contribution in [0.4, 0.5) is 0 Å². The fourth-order valence-corrected chi connectivity index (χ4v) is 2.07. The number of benzene rings is 1. The predicted octanol–water partition coefficient (Wildman–Crippen LogP) is 3.80. The van der Waals surface area contributed by atoms with Crippen LogP contribution in [0.3, 0.4) is 0 Å². The minimum absolute atomic E-state index is 0.406. The maximum absolute atomic E-state index is 5.75. The quantitative estimate of drug-likeness (QED) is 0.724. The minimum Gasteiger partial charge on any atom is -0.492 e. The number of aryl methyl sites for hydroxylation is 1. The lowest BCUT2D eigenvalue weighted by atomic mass is 10.0. The Morgan fingerprint density at radius 1 is 1.39 bits per heavy atom. The number of ether oxygens (including phenoxy) is 1. The molecule has 1 aromatic rings. The molecule has 18 heavy (non-hydrogen) atoms. The SMILES string of the molecule is CCCNC(C)c1ccc(OCCSC)c(C)c1. The van der Waals surface area contributed by atoms with E-state index in [0.717, 1.165) is 24.7 Å². The second-order valence-corrected chi connectivity index (χ2v) is 5.53. The Labute approximate surface area is 116 Å². The molecule has 102 valence electrons. The number of nitrogens with one attached hydrogen (secondary N) is 1. The number of hydrogen-bond donors (Lipinski definition) is 1. The highest BCUT2D eigenvalue weighted by molar-refractivity contribution is 7.98. The van der Waals surface area contributed by atoms with E-state index < -0.39 is 0 Å². The minimum atomic E-state index is 0.406. The van der Waals surface area contributed by atoms with Crippen LogP contribution in [-0.4, -0.2) is 25.2 Å². The average molecular weight is 267 g/mol. The summed E-state index contributed by atoms with van der Waals surface area (Å²) in [5.74, 6) is 2.05. The molecule has 0 aliphatic rings. The van der Waals surface area contributed by atoms with Crippen LogP contribution in [0.1, 0.15) is 37.4 Å². The van der Waals surface area contributed by atoms with Crippen LogP contribution in [0.25, 0.3) is 0 Å². The normalized spacial score (nSPS) is 12.4. The summed E-state index contributed by atoms with van der Waals surface area (Å²) in [6.07, 6.45) is 3.26. The fourth-order valence-electron chi connectivity index (χ4n) is 1.82. The maximum atomic E-state index is 5.75. The first-order valence-electron chi connectivity index (χ1n) is 6.64. The van der Waals surface area contributed by atoms with Crippen LogP contribution in [0, 0.1) is 6.92 Å². The molecule has 0 aliphatic heterocycles. The van der Waals surface area contributed by atoms with Gasteiger partial charge in [-0.1, -0.05) is 19.1 Å². The second-order valence-electron chi connectivity index (χ2n) is 4.54. The van der Waals surface area contributed by atoms with Gasteiger partial charge in [0.15, 0.2) is 0 Å². The van der Waals surface area contributed by atoms with Gasteiger partial charge in [-0.05, 0) is 50.3 Å². The molecule has 3 heteroatoms. The van der Waals surface area contributed by atoms with E-state index in [4.69, 9.17) is 4.74 Å². The highest BCUT2D eigenvalue weighted by atomic mass is 32.2. The van der Waals surface area contributed by atoms with Gasteiger partial charge in [0.1, 0.15) is 5.75 Å². The Bertz CT molecular complexity index is 354. The van der Waals surface area contributed by atoms with Gasteiger partial charge in [0.05, 0.1) is 6.61 Å². The molecule has 0 radical (unpaired) electrons. The maximum Gasteiger partial charge on any atom is 0.122 e. The van der Waals surface area contributed by atoms with Gasteiger partial charge in [-0.25, -0.2) is 0 Å². The van der Waals surface area contributed by atoms with E-state index in [2.05, 4.69) is 50.5 Å². The molecule has 0 amide bonds. The summed E-state index contributed by atoms with van der Waals surface area (Å²) in [4.78, 5) is 0. The summed E-state index contributed by atoms with van der Waals surface area (Å²) in [6.45, 7) is 8.36. The highest BCUT2D eigenvalue weighted by Gasteiger charge is 2.07. The van der Waals surface area contributed by atoms with Gasteiger partial charge in [-0.3, -0.25) is 0 Å². The molecule has 0 spiro atoms. The van der Waals surface area contributed by atoms with Gasteiger partial charge in [-0.2, -0.15) is 11.8 Å². The molecular weight excluding hydrogens is 242 g/mol. The number of hydrogen-bond acceptors (Lipinski definition) is 3. The number of thioether (sulfide) groups is 1. The van der Waals surface area contributed by atoms with Crippen molar-refractivity contribution in [2.24, 2.45) is 0 Å². The summed E-state index contributed by atoms with van der Waals surface area (Å²) in [6, 6.07) is 6.88. The van der Waals surface area contributed by atoms with Crippen molar-refractivity contribution >= 4 is 11.8 Å². The molecule has 0 bridgehead atoms. The van der Waals surface area contributed by atoms with Crippen molar-refractivity contribution in [1.82, 2.24) is 5.32 Å². The zero-order chi connectivity index (χ0) is 13.4. The molecule has 0 fully saturated rings. The van der Waals surface area contributed by atoms with Crippen LogP contribution in [0.5, 0.6) is 5.75 Å². The standard InChI is InChI=1S/C15H25NOS/c1-5-8-16-13(3)14-6-7-15(12(2)11-14)17-9-10-18-4/h6-7,11,13,16H,5,8-10H2,1-4H3. The average Bonchev–Trinajstić information content (AvgIpc) is 2.38. The van der Waals surface area contributed by atoms with Gasteiger partial charge < -0.3 is 10.1 Å². The molecule has 1 atom stereocenters. The van der Waals surface area contributed by atoms with Crippen LogP contribution in [0.15, 0.2) is 18.2 Å². The van der Waals surface area contributed by atoms with Crippen molar-refractivity contribution in [3.05, 3.63) is 29.3 Å². The Morgan fingerprint density at radius 3 is 2.78 bits per heavy atom. The zero-order valence-electron chi connectivity index (χ0n) is 12.0. The Balaban J connectivity index is 2.60. The lowest BCUT2D eigenvalue weighted by Gasteiger charge is -2.16. The van der Waals surface area contributed by atoms with Crippen molar-refractivity contribution in [3.8, 4) is 5.75 Å². The molecular formula is C15H25NOS. The molecule has 1 unspecified atom stereocenters. The van der Waals surface area contributed by atoms with Crippen molar-refractivity contribution in [2.75, 3.05) is 25.2 Å². The van der Waals surface area contributed by atoms with Crippen molar-refractivity contribution in [3.63, 3.8) is 0 Å². The van der Waals surface area contributed by atoms with E-state index in [1.165, 1.54) is 17.5 Å². The Kier molecular flexibility index (Phi) is 7.21. The van der Waals surface area contributed by atoms with Crippen LogP contribution >= 0.6 is 11.8 Å². The molecule has 0 saturated heterocycles. The third-order valence-electron chi connectivity index (χ3n) is 2.94. The molecule has 1 aromatic carbocycles. The van der Waals surface area contributed by atoms with Gasteiger partial charge in [-0.15, -0.1) is 0 Å². The molecule has 1 N–H and O–H groups in total. The molecule has 0 heterocycles. The lowest BCUT2D eigenvalue weighted by Crippen LogP contribution is -2.19. The van der Waals surface area contributed by atoms with Crippen molar-refractivity contribution in [1.29, 1.82) is 0 Å². The largest absolute Gasteiger partial charge is 0.492 e. The van der Waals surface area contributed by atoms with E-state index >= 15 is 0 Å². The second kappa shape index (κ2) is 8.44. The highest BCUT2D eigenvalue weighted by Crippen LogP contribution is 2.22. The monoisotopic (exact) mass is 267 g/mol. The summed E-state index contributed by atoms with van der Waals surface area (Å²) in [7, 11) is 0. The Morgan fingerprint density at radius 2 is 2.17 bits per heavy atom. The van der Waals surface area contributed by atoms with Crippen molar-refractivity contribution in [2.45, 2.75) is 33.2 Å². The van der Waals surface area contributed by atoms with Gasteiger partial charge in [0.2, 0.25) is 0 Å². The molecule has 1 rings (SSSR count). The molecule has 2 nitrogen and oxygen atoms in total. The van der Waals surface area contributed by atoms with E-state index in [1.54, 1.807) is 0 Å². The lowest BCUT2D eigenvalue weighted by molar-refractivity contribution is 0.341. The van der Waals surface area contributed by atoms with Gasteiger partial charge >= 0.3 is 0 Å². The summed E-state index contributed by atoms with van der Waals surface area (Å²) >= 11 is 1.81. The number of rotatable bonds is 8. The predicted molar refractivity (Wildman–Crippen MR) is 81.8 cm³/mol. The first-order valence-corrected chi connectivity index (χ1v) is 8.04. The Hall–Kier alpha value is -0.670. The van der Waals surface area contributed by atoms with Crippen molar-refractivity contribution < 1.29 is 4.74 Å². The van der Waals surface area contributed by atoms with Gasteiger partial charge in [0.25, 0.3) is 0 Å². The fraction of sp³-hybridized carbons (Fsp3) is 0.600.